The summed E-state index contributed by atoms with van der Waals surface area (Å²) in [5, 5.41) is 10.5. The van der Waals surface area contributed by atoms with Gasteiger partial charge in [0.1, 0.15) is 23.1 Å². The zero-order chi connectivity index (χ0) is 27.9. The first-order chi connectivity index (χ1) is 18.4. The quantitative estimate of drug-likeness (QED) is 0.346. The molecule has 10 heteroatoms. The normalized spacial score (nSPS) is 21.1. The fourth-order valence-corrected chi connectivity index (χ4v) is 5.63. The molecule has 208 valence electrons. The first kappa shape index (κ1) is 27.4. The van der Waals surface area contributed by atoms with E-state index in [0.29, 0.717) is 42.8 Å². The molecule has 0 spiro atoms. The molecule has 2 aromatic heterocycles. The van der Waals surface area contributed by atoms with Crippen LogP contribution in [-0.4, -0.2) is 34.3 Å². The minimum atomic E-state index is -4.28. The fraction of sp³-hybridized carbons (Fsp3) is 0.448. The maximum absolute atomic E-state index is 15.0. The van der Waals surface area contributed by atoms with Crippen LogP contribution in [0.2, 0.25) is 0 Å². The first-order valence-electron chi connectivity index (χ1n) is 13.1. The van der Waals surface area contributed by atoms with Gasteiger partial charge in [0.25, 0.3) is 0 Å². The molecule has 2 fully saturated rings. The van der Waals surface area contributed by atoms with Crippen molar-refractivity contribution in [3.8, 4) is 11.3 Å². The number of rotatable bonds is 6. The predicted molar refractivity (Wildman–Crippen MR) is 134 cm³/mol. The van der Waals surface area contributed by atoms with Crippen LogP contribution in [0.4, 0.5) is 32.0 Å². The number of halogens is 6. The Labute approximate surface area is 222 Å². The second-order valence-electron chi connectivity index (χ2n) is 10.8. The molecule has 1 aliphatic heterocycles. The third-order valence-corrected chi connectivity index (χ3v) is 7.89. The van der Waals surface area contributed by atoms with E-state index in [4.69, 9.17) is 0 Å². The van der Waals surface area contributed by atoms with E-state index in [9.17, 15) is 22.7 Å². The van der Waals surface area contributed by atoms with Gasteiger partial charge in [0, 0.05) is 36.9 Å². The Morgan fingerprint density at radius 2 is 1.72 bits per heavy atom. The third-order valence-electron chi connectivity index (χ3n) is 7.89. The monoisotopic (exact) mass is 549 g/mol. The molecule has 3 heterocycles. The minimum absolute atomic E-state index is 0.0794. The molecule has 1 saturated carbocycles. The fourth-order valence-electron chi connectivity index (χ4n) is 5.63. The molecular formula is C29H29F6N3O. The van der Waals surface area contributed by atoms with E-state index in [0.717, 1.165) is 24.6 Å². The Hall–Kier alpha value is -3.14. The highest BCUT2D eigenvalue weighted by atomic mass is 19.4. The van der Waals surface area contributed by atoms with Crippen LogP contribution in [0.15, 0.2) is 42.7 Å². The van der Waals surface area contributed by atoms with Crippen molar-refractivity contribution in [3.05, 3.63) is 77.0 Å². The zero-order valence-electron chi connectivity index (χ0n) is 21.4. The summed E-state index contributed by atoms with van der Waals surface area (Å²) < 4.78 is 85.2. The molecule has 0 amide bonds. The van der Waals surface area contributed by atoms with Crippen LogP contribution < -0.4 is 4.90 Å². The Morgan fingerprint density at radius 3 is 2.36 bits per heavy atom. The van der Waals surface area contributed by atoms with Crippen molar-refractivity contribution >= 4 is 5.69 Å². The number of piperidine rings is 1. The summed E-state index contributed by atoms with van der Waals surface area (Å²) in [4.78, 5) is 10.1. The zero-order valence-corrected chi connectivity index (χ0v) is 21.4. The number of anilines is 1. The van der Waals surface area contributed by atoms with Gasteiger partial charge in [-0.05, 0) is 85.9 Å². The van der Waals surface area contributed by atoms with Crippen LogP contribution in [0.25, 0.3) is 11.3 Å². The molecule has 0 radical (unpaired) electrons. The number of hydrogen-bond acceptors (Lipinski definition) is 4. The Bertz CT molecular complexity index is 1330. The number of aromatic nitrogens is 2. The lowest BCUT2D eigenvalue weighted by atomic mass is 9.75. The van der Waals surface area contributed by atoms with E-state index >= 15 is 8.78 Å². The van der Waals surface area contributed by atoms with Crippen molar-refractivity contribution in [2.75, 3.05) is 18.0 Å². The van der Waals surface area contributed by atoms with Gasteiger partial charge in [-0.3, -0.25) is 4.98 Å². The van der Waals surface area contributed by atoms with E-state index in [2.05, 4.69) is 9.97 Å². The molecule has 0 unspecified atom stereocenters. The summed E-state index contributed by atoms with van der Waals surface area (Å²) in [6.07, 6.45) is 1.04. The van der Waals surface area contributed by atoms with Gasteiger partial charge in [-0.1, -0.05) is 6.92 Å². The number of aliphatic hydroxyl groups is 1. The first-order valence-corrected chi connectivity index (χ1v) is 13.1. The predicted octanol–water partition coefficient (Wildman–Crippen LogP) is 6.74. The molecule has 2 aliphatic rings. The molecule has 1 saturated heterocycles. The molecule has 1 aromatic carbocycles. The number of nitrogens with zero attached hydrogens (tertiary/aromatic N) is 3. The highest BCUT2D eigenvalue weighted by Gasteiger charge is 2.44. The summed E-state index contributed by atoms with van der Waals surface area (Å²) in [5.41, 5.74) is -0.524. The van der Waals surface area contributed by atoms with Gasteiger partial charge >= 0.3 is 6.18 Å². The van der Waals surface area contributed by atoms with E-state index < -0.39 is 46.4 Å². The lowest BCUT2D eigenvalue weighted by molar-refractivity contribution is -0.178. The van der Waals surface area contributed by atoms with E-state index in [1.165, 1.54) is 12.3 Å². The van der Waals surface area contributed by atoms with Gasteiger partial charge in [-0.25, -0.2) is 18.2 Å². The highest BCUT2D eigenvalue weighted by Crippen LogP contribution is 2.43. The molecular weight excluding hydrogens is 520 g/mol. The lowest BCUT2D eigenvalue weighted by Crippen LogP contribution is -2.45. The van der Waals surface area contributed by atoms with Crippen molar-refractivity contribution in [1.82, 2.24) is 9.97 Å². The van der Waals surface area contributed by atoms with Crippen LogP contribution in [0.1, 0.15) is 49.4 Å². The molecule has 1 N–H and O–H groups in total. The van der Waals surface area contributed by atoms with E-state index in [1.54, 1.807) is 24.1 Å². The van der Waals surface area contributed by atoms with Gasteiger partial charge in [0.15, 0.2) is 0 Å². The van der Waals surface area contributed by atoms with Gasteiger partial charge in [0.2, 0.25) is 0 Å². The largest absolute Gasteiger partial charge is 0.393 e. The second-order valence-corrected chi connectivity index (χ2v) is 10.8. The lowest BCUT2D eigenvalue weighted by Gasteiger charge is -2.39. The maximum Gasteiger partial charge on any atom is 0.393 e. The summed E-state index contributed by atoms with van der Waals surface area (Å²) in [6.45, 7) is 2.13. The van der Waals surface area contributed by atoms with Crippen molar-refractivity contribution < 1.29 is 31.4 Å². The van der Waals surface area contributed by atoms with E-state index in [1.807, 2.05) is 0 Å². The van der Waals surface area contributed by atoms with Crippen LogP contribution in [0.5, 0.6) is 0 Å². The number of pyridine rings is 2. The van der Waals surface area contributed by atoms with Crippen molar-refractivity contribution in [3.63, 3.8) is 0 Å². The molecule has 0 bridgehead atoms. The number of benzene rings is 1. The van der Waals surface area contributed by atoms with Gasteiger partial charge in [-0.2, -0.15) is 13.2 Å². The summed E-state index contributed by atoms with van der Waals surface area (Å²) >= 11 is 0. The smallest absolute Gasteiger partial charge is 0.385 e. The van der Waals surface area contributed by atoms with Crippen molar-refractivity contribution in [2.45, 2.75) is 57.2 Å². The minimum Gasteiger partial charge on any atom is -0.385 e. The summed E-state index contributed by atoms with van der Waals surface area (Å²) in [6, 6.07) is 6.25. The molecule has 4 nitrogen and oxygen atoms in total. The van der Waals surface area contributed by atoms with Crippen molar-refractivity contribution in [1.29, 1.82) is 0 Å². The highest BCUT2D eigenvalue weighted by molar-refractivity contribution is 5.63. The average Bonchev–Trinajstić information content (AvgIpc) is 2.86. The number of aryl methyl sites for hydroxylation is 2. The maximum atomic E-state index is 15.0. The molecule has 1 aliphatic carbocycles. The molecule has 39 heavy (non-hydrogen) atoms. The van der Waals surface area contributed by atoms with E-state index in [-0.39, 0.29) is 30.9 Å². The van der Waals surface area contributed by atoms with Gasteiger partial charge in [-0.15, -0.1) is 0 Å². The second kappa shape index (κ2) is 10.4. The Morgan fingerprint density at radius 1 is 1.00 bits per heavy atom. The SMILES string of the molecule is C[C@H]1C[C@@H](C(F)(F)F)CN(c2ccncc2CCc2ccc(F)c(-c3c(F)cc(C4(O)CCC4)cc3F)n2)C1. The third kappa shape index (κ3) is 5.62. The number of hydrogen-bond donors (Lipinski definition) is 1. The standard InChI is InChI=1S/C29H29F6N3O/c1-17-11-20(29(33,34)35)16-38(15-17)25-7-10-36-14-18(25)3-4-21-5-6-22(30)27(37-21)26-23(31)12-19(13-24(26)32)28(39)8-2-9-28/h5-7,10,12-14,17,20,39H,2-4,8-9,11,15-16H2,1H3/t17-,20+/m0/s1. The van der Waals surface area contributed by atoms with Crippen LogP contribution in [0.3, 0.4) is 0 Å². The Balaban J connectivity index is 1.38. The van der Waals surface area contributed by atoms with Gasteiger partial charge in [0.05, 0.1) is 17.1 Å². The topological polar surface area (TPSA) is 49.2 Å². The molecule has 5 rings (SSSR count). The number of alkyl halides is 3. The van der Waals surface area contributed by atoms with Crippen LogP contribution >= 0.6 is 0 Å². The average molecular weight is 550 g/mol. The van der Waals surface area contributed by atoms with Crippen LogP contribution in [0, 0.1) is 29.3 Å². The molecule has 3 aromatic rings. The van der Waals surface area contributed by atoms with Crippen LogP contribution in [-0.2, 0) is 18.4 Å². The molecule has 2 atom stereocenters. The summed E-state index contributed by atoms with van der Waals surface area (Å²) in [7, 11) is 0. The van der Waals surface area contributed by atoms with Crippen molar-refractivity contribution in [2.24, 2.45) is 11.8 Å². The summed E-state index contributed by atoms with van der Waals surface area (Å²) in [5.74, 6) is -4.49. The van der Waals surface area contributed by atoms with Gasteiger partial charge < -0.3 is 10.0 Å². The Kier molecular flexibility index (Phi) is 7.35.